The number of benzene rings is 1. The van der Waals surface area contributed by atoms with Crippen molar-refractivity contribution in [3.8, 4) is 17.1 Å². The van der Waals surface area contributed by atoms with E-state index in [2.05, 4.69) is 20.3 Å². The minimum atomic E-state index is -2.43. The highest BCUT2D eigenvalue weighted by Gasteiger charge is 2.53. The number of nitrogens with one attached hydrogen (secondary N) is 1. The van der Waals surface area contributed by atoms with Gasteiger partial charge < -0.3 is 64.4 Å². The molecule has 0 spiro atoms. The number of amides is 2. The summed E-state index contributed by atoms with van der Waals surface area (Å²) in [5.41, 5.74) is 11.5. The van der Waals surface area contributed by atoms with Gasteiger partial charge in [-0.05, 0) is 126 Å². The lowest BCUT2D eigenvalue weighted by atomic mass is 9.78. The van der Waals surface area contributed by atoms with Gasteiger partial charge in [-0.15, -0.1) is 0 Å². The maximum Gasteiger partial charge on any atom is 0.329 e. The molecule has 0 unspecified atom stereocenters. The molecule has 3 fully saturated rings. The lowest BCUT2D eigenvalue weighted by molar-refractivity contribution is -0.265. The fourth-order valence-electron chi connectivity index (χ4n) is 14.0. The van der Waals surface area contributed by atoms with Crippen LogP contribution in [0.4, 0.5) is 5.95 Å². The van der Waals surface area contributed by atoms with Crippen molar-refractivity contribution in [1.82, 2.24) is 25.2 Å². The maximum atomic E-state index is 14.5. The van der Waals surface area contributed by atoms with Crippen molar-refractivity contribution >= 4 is 41.1 Å². The number of nitrogen functional groups attached to an aromatic ring is 1. The van der Waals surface area contributed by atoms with E-state index in [9.17, 15) is 44.1 Å². The number of carbonyl (C=O) groups excluding carboxylic acids is 6. The average Bonchev–Trinajstić information content (AvgIpc) is 0.789. The van der Waals surface area contributed by atoms with Crippen molar-refractivity contribution in [2.75, 3.05) is 53.9 Å². The number of ketones is 3. The predicted octanol–water partition coefficient (Wildman–Crippen LogP) is 8.66. The molecule has 4 aliphatic heterocycles. The number of hydrogen-bond acceptors (Lipinski definition) is 20. The van der Waals surface area contributed by atoms with E-state index in [1.807, 2.05) is 94.5 Å². The summed E-state index contributed by atoms with van der Waals surface area (Å²) in [6, 6.07) is 12.1. The Balaban J connectivity index is 0.000000388. The summed E-state index contributed by atoms with van der Waals surface area (Å²) < 4.78 is 40.8. The van der Waals surface area contributed by atoms with Gasteiger partial charge >= 0.3 is 5.97 Å². The van der Waals surface area contributed by atoms with Crippen molar-refractivity contribution in [2.45, 2.75) is 199 Å². The first kappa shape index (κ1) is 75.5. The number of pyridine rings is 1. The van der Waals surface area contributed by atoms with Crippen LogP contribution in [0.15, 0.2) is 90.1 Å². The van der Waals surface area contributed by atoms with E-state index in [4.69, 9.17) is 38.9 Å². The number of esters is 1. The number of fused-ring (bicyclic) bond motifs is 4. The van der Waals surface area contributed by atoms with Crippen molar-refractivity contribution in [3.05, 3.63) is 113 Å². The van der Waals surface area contributed by atoms with Gasteiger partial charge in [-0.25, -0.2) is 19.7 Å². The van der Waals surface area contributed by atoms with Gasteiger partial charge in [-0.3, -0.25) is 24.0 Å². The number of aryl methyl sites for hydroxylation is 1. The molecule has 1 aromatic carbocycles. The molecular formula is C73H102N6O16. The van der Waals surface area contributed by atoms with E-state index in [-0.39, 0.29) is 92.0 Å². The summed E-state index contributed by atoms with van der Waals surface area (Å²) in [5, 5.41) is 35.9. The van der Waals surface area contributed by atoms with Gasteiger partial charge in [0.2, 0.25) is 17.6 Å². The first-order valence-electron chi connectivity index (χ1n) is 33.6. The zero-order chi connectivity index (χ0) is 69.3. The normalized spacial score (nSPS) is 32.5. The van der Waals surface area contributed by atoms with Crippen LogP contribution in [-0.4, -0.2) is 173 Å². The number of allylic oxidation sites excluding steroid dienone is 6. The molecule has 1 aliphatic carbocycles. The first-order chi connectivity index (χ1) is 45.4. The van der Waals surface area contributed by atoms with Gasteiger partial charge in [-0.2, -0.15) is 0 Å². The van der Waals surface area contributed by atoms with Crippen molar-refractivity contribution < 1.29 is 77.2 Å². The van der Waals surface area contributed by atoms with Crippen molar-refractivity contribution in [1.29, 1.82) is 0 Å². The Bertz CT molecular complexity index is 3260. The highest BCUT2D eigenvalue weighted by atomic mass is 16.6. The summed E-state index contributed by atoms with van der Waals surface area (Å²) >= 11 is 0. The number of aromatic nitrogens is 3. The molecule has 520 valence electrons. The van der Waals surface area contributed by atoms with E-state index in [0.717, 1.165) is 28.8 Å². The Morgan fingerprint density at radius 1 is 0.811 bits per heavy atom. The van der Waals surface area contributed by atoms with Crippen LogP contribution in [0.3, 0.4) is 0 Å². The molecule has 1 saturated carbocycles. The van der Waals surface area contributed by atoms with Gasteiger partial charge in [-0.1, -0.05) is 101 Å². The van der Waals surface area contributed by atoms with E-state index in [1.54, 1.807) is 61.2 Å². The highest BCUT2D eigenvalue weighted by molar-refractivity contribution is 6.39. The molecule has 22 nitrogen and oxygen atoms in total. The van der Waals surface area contributed by atoms with Crippen molar-refractivity contribution in [3.63, 3.8) is 0 Å². The van der Waals surface area contributed by atoms with Crippen LogP contribution in [-0.2, 0) is 58.8 Å². The second-order valence-electron chi connectivity index (χ2n) is 26.5. The number of ether oxygens (including phenoxy) is 7. The number of methoxy groups -OCH3 is 4. The third-order valence-electron chi connectivity index (χ3n) is 19.5. The van der Waals surface area contributed by atoms with Crippen LogP contribution in [0.5, 0.6) is 5.88 Å². The number of aliphatic hydroxyl groups is 3. The summed E-state index contributed by atoms with van der Waals surface area (Å²) in [7, 11) is 6.17. The lowest BCUT2D eigenvalue weighted by Crippen LogP contribution is -2.61. The molecule has 2 aromatic heterocycles. The lowest BCUT2D eigenvalue weighted by Gasteiger charge is -2.42. The molecule has 3 aromatic rings. The molecule has 2 amide bonds. The molecule has 2 bridgehead atoms. The van der Waals surface area contributed by atoms with Crippen LogP contribution in [0, 0.1) is 42.4 Å². The number of anilines is 1. The van der Waals surface area contributed by atoms with Crippen LogP contribution in [0.2, 0.25) is 0 Å². The van der Waals surface area contributed by atoms with Gasteiger partial charge in [0.15, 0.2) is 5.78 Å². The van der Waals surface area contributed by atoms with Crippen LogP contribution >= 0.6 is 0 Å². The summed E-state index contributed by atoms with van der Waals surface area (Å²) in [6.45, 7) is 14.6. The van der Waals surface area contributed by atoms with Gasteiger partial charge in [0.05, 0.1) is 73.4 Å². The monoisotopic (exact) mass is 1320 g/mol. The largest absolute Gasteiger partial charge is 0.481 e. The quantitative estimate of drug-likeness (QED) is 0.0643. The SMILES string of the molecule is CO[C@H]1C[C@@H]2CC[C@@H](C)[C@@](O)(O2)C(=O)C(=O)N2CCCC[C@H]2C(=O)O[C@H]([C@H](C)C[C@@H]2CC[C@@H](OCCO)[C@H](OC)C2)CC(=O)[C@H](C)/C=C(\C)[C@@H](O)[C@@H](OC)C(=O)[C@H](C)C[C@H](C)/C=C/C=C/C=C/1C.COc1cccc(-c2ccccc2[C@H]2Cc3nc(N)nc(C)c3C(=O)N2)n1. The van der Waals surface area contributed by atoms with E-state index >= 15 is 0 Å². The maximum absolute atomic E-state index is 14.5. The molecule has 95 heavy (non-hydrogen) atoms. The topological polar surface area (TPSA) is 308 Å². The Labute approximate surface area is 559 Å². The Kier molecular flexibility index (Phi) is 28.1. The van der Waals surface area contributed by atoms with E-state index in [0.29, 0.717) is 92.6 Å². The standard InChI is InChI=1S/C53H83NO14.C20H19N5O2/c1-32-16-12-11-13-17-33(2)44(63-8)30-40-21-19-38(7)53(62,68-40)50(59)51(60)54-23-15-14-18-41(54)52(61)67-45(35(4)28-39-20-22-43(66-25-24-55)46(29-39)64-9)31-42(56)34(3)27-37(6)48(58)49(65-10)47(57)36(5)26-32;1-11-18-16(25-20(21)22-11)10-15(24-19(18)26)13-7-4-3-6-12(13)14-8-5-9-17(23-14)27-2/h11-13,16-17,27,32,34-36,38-41,43-46,48-49,55,58,62H,14-15,18-26,28-31H2,1-10H3;3-9,15H,10H2,1-2H3,(H,24,26)(H2,21,22,25)/b13-11+,16-12+,33-17+,37-27+;/t32-,34-,35-,36-,38-,39+,40+,41+,43-,44+,45+,46-,48-,49+,53-;15-/m11/s1. The second kappa shape index (κ2) is 35.4. The fourth-order valence-corrected chi connectivity index (χ4v) is 14.0. The molecule has 5 aliphatic rings. The Hall–Kier alpha value is -6.89. The Morgan fingerprint density at radius 2 is 1.57 bits per heavy atom. The van der Waals surface area contributed by atoms with Crippen molar-refractivity contribution in [2.24, 2.45) is 35.5 Å². The molecule has 0 radical (unpaired) electrons. The van der Waals surface area contributed by atoms with Crippen LogP contribution in [0.1, 0.15) is 159 Å². The third kappa shape index (κ3) is 19.5. The zero-order valence-corrected chi connectivity index (χ0v) is 57.5. The molecule has 6 heterocycles. The van der Waals surface area contributed by atoms with Crippen LogP contribution < -0.4 is 15.8 Å². The highest BCUT2D eigenvalue weighted by Crippen LogP contribution is 2.39. The number of hydrogen-bond donors (Lipinski definition) is 5. The number of piperidine rings is 1. The summed E-state index contributed by atoms with van der Waals surface area (Å²) in [6.07, 6.45) is 12.5. The molecular weight excluding hydrogens is 1220 g/mol. The fraction of sp³-hybridized carbons (Fsp3) is 0.603. The molecule has 22 heteroatoms. The molecule has 6 N–H and O–H groups in total. The number of nitrogens with zero attached hydrogens (tertiary/aromatic N) is 4. The minimum Gasteiger partial charge on any atom is -0.481 e. The molecule has 2 saturated heterocycles. The van der Waals surface area contributed by atoms with Gasteiger partial charge in [0, 0.05) is 76.5 Å². The third-order valence-corrected chi connectivity index (χ3v) is 19.5. The number of aliphatic hydroxyl groups excluding tert-OH is 2. The van der Waals surface area contributed by atoms with Gasteiger partial charge in [0.25, 0.3) is 17.6 Å². The number of rotatable bonds is 12. The molecule has 8 rings (SSSR count). The minimum absolute atomic E-state index is 0.0158. The smallest absolute Gasteiger partial charge is 0.329 e. The number of carbonyl (C=O) groups is 6. The first-order valence-corrected chi connectivity index (χ1v) is 33.6. The predicted molar refractivity (Wildman–Crippen MR) is 357 cm³/mol. The van der Waals surface area contributed by atoms with E-state index < -0.39 is 77.8 Å². The van der Waals surface area contributed by atoms with Crippen LogP contribution in [0.25, 0.3) is 11.3 Å². The van der Waals surface area contributed by atoms with E-state index in [1.165, 1.54) is 12.0 Å². The molecule has 16 atom stereocenters. The number of cyclic esters (lactones) is 1. The Morgan fingerprint density at radius 3 is 2.28 bits per heavy atom. The second-order valence-corrected chi connectivity index (χ2v) is 26.5. The zero-order valence-electron chi connectivity index (χ0n) is 57.5. The number of Topliss-reactive ketones (excluding diaryl/α,β-unsaturated/α-hetero) is 3. The average molecular weight is 1320 g/mol. The summed E-state index contributed by atoms with van der Waals surface area (Å²) in [5.74, 6) is -7.43. The number of nitrogens with two attached hydrogens (primary N) is 1. The van der Waals surface area contributed by atoms with Gasteiger partial charge in [0.1, 0.15) is 30.1 Å². The summed E-state index contributed by atoms with van der Waals surface area (Å²) in [4.78, 5) is 97.7.